The Balaban J connectivity index is 1.51. The van der Waals surface area contributed by atoms with Crippen molar-refractivity contribution < 1.29 is 9.53 Å². The molecule has 140 valence electrons. The highest BCUT2D eigenvalue weighted by atomic mass is 16.5. The van der Waals surface area contributed by atoms with Gasteiger partial charge in [-0.3, -0.25) is 4.79 Å². The number of methoxy groups -OCH3 is 1. The Labute approximate surface area is 151 Å². The van der Waals surface area contributed by atoms with Gasteiger partial charge in [0.1, 0.15) is 5.82 Å². The van der Waals surface area contributed by atoms with E-state index in [1.54, 1.807) is 7.11 Å². The Kier molecular flexibility index (Phi) is 6.48. The van der Waals surface area contributed by atoms with Crippen LogP contribution in [0.2, 0.25) is 0 Å². The van der Waals surface area contributed by atoms with E-state index < -0.39 is 0 Å². The number of carbonyl (C=O) groups excluding carboxylic acids is 1. The molecule has 1 aromatic rings. The molecule has 0 aromatic carbocycles. The minimum absolute atomic E-state index is 0.166. The number of imidazole rings is 1. The van der Waals surface area contributed by atoms with Gasteiger partial charge in [0.05, 0.1) is 12.5 Å². The molecule has 2 aliphatic heterocycles. The van der Waals surface area contributed by atoms with Gasteiger partial charge in [0, 0.05) is 58.1 Å². The van der Waals surface area contributed by atoms with Gasteiger partial charge in [-0.05, 0) is 39.2 Å². The number of piperidine rings is 2. The summed E-state index contributed by atoms with van der Waals surface area (Å²) in [4.78, 5) is 22.0. The van der Waals surface area contributed by atoms with Gasteiger partial charge in [-0.1, -0.05) is 0 Å². The molecule has 0 aliphatic carbocycles. The summed E-state index contributed by atoms with van der Waals surface area (Å²) in [6.07, 6.45) is 8.16. The first-order valence-electron chi connectivity index (χ1n) is 9.74. The molecule has 0 saturated carbocycles. The maximum absolute atomic E-state index is 12.9. The number of hydrogen-bond donors (Lipinski definition) is 0. The van der Waals surface area contributed by atoms with Crippen LogP contribution in [0.4, 0.5) is 0 Å². The predicted octanol–water partition coefficient (Wildman–Crippen LogP) is 1.97. The Morgan fingerprint density at radius 1 is 1.28 bits per heavy atom. The smallest absolute Gasteiger partial charge is 0.226 e. The van der Waals surface area contributed by atoms with Crippen molar-refractivity contribution in [2.45, 2.75) is 45.1 Å². The maximum Gasteiger partial charge on any atom is 0.226 e. The number of ether oxygens (including phenoxy) is 1. The summed E-state index contributed by atoms with van der Waals surface area (Å²) in [5.74, 6) is 2.21. The van der Waals surface area contributed by atoms with E-state index in [4.69, 9.17) is 4.74 Å². The van der Waals surface area contributed by atoms with Crippen molar-refractivity contribution in [2.24, 2.45) is 5.92 Å². The minimum Gasteiger partial charge on any atom is -0.383 e. The number of amides is 1. The molecule has 0 bridgehead atoms. The van der Waals surface area contributed by atoms with Crippen LogP contribution in [-0.4, -0.2) is 71.7 Å². The van der Waals surface area contributed by atoms with Crippen LogP contribution in [0.25, 0.3) is 0 Å². The standard InChI is InChI=1S/C19H32N4O2/c1-3-22-12-8-20-18(22)16-6-10-23(11-7-16)19(24)17-5-4-9-21(15-17)13-14-25-2/h8,12,16-17H,3-7,9-11,13-15H2,1-2H3. The molecule has 3 heterocycles. The number of nitrogens with zero attached hydrogens (tertiary/aromatic N) is 4. The SMILES string of the molecule is CCn1ccnc1C1CCN(C(=O)C2CCCN(CCOC)C2)CC1. The molecule has 1 atom stereocenters. The molecular formula is C19H32N4O2. The summed E-state index contributed by atoms with van der Waals surface area (Å²) in [7, 11) is 1.74. The van der Waals surface area contributed by atoms with Gasteiger partial charge in [0.2, 0.25) is 5.91 Å². The highest BCUT2D eigenvalue weighted by Gasteiger charge is 2.32. The first-order chi connectivity index (χ1) is 12.2. The quantitative estimate of drug-likeness (QED) is 0.789. The average molecular weight is 348 g/mol. The van der Waals surface area contributed by atoms with Crippen molar-refractivity contribution in [2.75, 3.05) is 46.4 Å². The van der Waals surface area contributed by atoms with E-state index in [-0.39, 0.29) is 5.92 Å². The van der Waals surface area contributed by atoms with Crippen LogP contribution in [0.15, 0.2) is 12.4 Å². The summed E-state index contributed by atoms with van der Waals surface area (Å²) in [5.41, 5.74) is 0. The van der Waals surface area contributed by atoms with E-state index in [0.717, 1.165) is 71.6 Å². The van der Waals surface area contributed by atoms with Crippen molar-refractivity contribution in [3.63, 3.8) is 0 Å². The third-order valence-corrected chi connectivity index (χ3v) is 5.73. The Morgan fingerprint density at radius 3 is 2.80 bits per heavy atom. The third-order valence-electron chi connectivity index (χ3n) is 5.73. The Hall–Kier alpha value is -1.40. The van der Waals surface area contributed by atoms with Gasteiger partial charge in [-0.25, -0.2) is 4.98 Å². The van der Waals surface area contributed by atoms with Gasteiger partial charge in [-0.2, -0.15) is 0 Å². The number of aromatic nitrogens is 2. The average Bonchev–Trinajstić information content (AvgIpc) is 3.15. The molecule has 2 saturated heterocycles. The molecule has 0 spiro atoms. The number of likely N-dealkylation sites (tertiary alicyclic amines) is 2. The predicted molar refractivity (Wildman–Crippen MR) is 97.5 cm³/mol. The second kappa shape index (κ2) is 8.81. The van der Waals surface area contributed by atoms with Crippen LogP contribution in [0, 0.1) is 5.92 Å². The summed E-state index contributed by atoms with van der Waals surface area (Å²) in [6.45, 7) is 8.52. The van der Waals surface area contributed by atoms with Crippen LogP contribution in [0.5, 0.6) is 0 Å². The lowest BCUT2D eigenvalue weighted by Crippen LogP contribution is -2.47. The van der Waals surface area contributed by atoms with E-state index in [2.05, 4.69) is 32.5 Å². The monoisotopic (exact) mass is 348 g/mol. The van der Waals surface area contributed by atoms with Crippen LogP contribution in [-0.2, 0) is 16.1 Å². The van der Waals surface area contributed by atoms with E-state index in [1.807, 2.05) is 6.20 Å². The third kappa shape index (κ3) is 4.42. The van der Waals surface area contributed by atoms with Crippen molar-refractivity contribution in [1.29, 1.82) is 0 Å². The van der Waals surface area contributed by atoms with Gasteiger partial charge in [0.15, 0.2) is 0 Å². The molecule has 0 radical (unpaired) electrons. The minimum atomic E-state index is 0.166. The molecular weight excluding hydrogens is 316 g/mol. The van der Waals surface area contributed by atoms with Crippen molar-refractivity contribution in [1.82, 2.24) is 19.4 Å². The van der Waals surface area contributed by atoms with Crippen LogP contribution in [0.3, 0.4) is 0 Å². The number of aryl methyl sites for hydroxylation is 1. The fourth-order valence-electron chi connectivity index (χ4n) is 4.24. The molecule has 1 unspecified atom stereocenters. The zero-order chi connectivity index (χ0) is 17.6. The lowest BCUT2D eigenvalue weighted by molar-refractivity contribution is -0.138. The van der Waals surface area contributed by atoms with Gasteiger partial charge < -0.3 is 19.1 Å². The highest BCUT2D eigenvalue weighted by molar-refractivity contribution is 5.79. The topological polar surface area (TPSA) is 50.6 Å². The summed E-state index contributed by atoms with van der Waals surface area (Å²) in [6, 6.07) is 0. The first-order valence-corrected chi connectivity index (χ1v) is 9.74. The molecule has 25 heavy (non-hydrogen) atoms. The van der Waals surface area contributed by atoms with Crippen LogP contribution >= 0.6 is 0 Å². The van der Waals surface area contributed by atoms with Gasteiger partial charge in [0.25, 0.3) is 0 Å². The van der Waals surface area contributed by atoms with Gasteiger partial charge in [-0.15, -0.1) is 0 Å². The van der Waals surface area contributed by atoms with E-state index in [9.17, 15) is 4.79 Å². The fraction of sp³-hybridized carbons (Fsp3) is 0.789. The molecule has 1 amide bonds. The van der Waals surface area contributed by atoms with E-state index in [0.29, 0.717) is 11.8 Å². The van der Waals surface area contributed by atoms with Crippen molar-refractivity contribution in [3.8, 4) is 0 Å². The Morgan fingerprint density at radius 2 is 2.08 bits per heavy atom. The summed E-state index contributed by atoms with van der Waals surface area (Å²) >= 11 is 0. The molecule has 6 nitrogen and oxygen atoms in total. The molecule has 2 fully saturated rings. The second-order valence-corrected chi connectivity index (χ2v) is 7.30. The summed E-state index contributed by atoms with van der Waals surface area (Å²) in [5, 5.41) is 0. The van der Waals surface area contributed by atoms with E-state index in [1.165, 1.54) is 5.82 Å². The summed E-state index contributed by atoms with van der Waals surface area (Å²) < 4.78 is 7.41. The molecule has 2 aliphatic rings. The lowest BCUT2D eigenvalue weighted by Gasteiger charge is -2.37. The van der Waals surface area contributed by atoms with Gasteiger partial charge >= 0.3 is 0 Å². The molecule has 6 heteroatoms. The second-order valence-electron chi connectivity index (χ2n) is 7.30. The zero-order valence-electron chi connectivity index (χ0n) is 15.7. The normalized spacial score (nSPS) is 23.1. The van der Waals surface area contributed by atoms with E-state index >= 15 is 0 Å². The molecule has 1 aromatic heterocycles. The number of rotatable bonds is 6. The fourth-order valence-corrected chi connectivity index (χ4v) is 4.24. The van der Waals surface area contributed by atoms with Crippen molar-refractivity contribution in [3.05, 3.63) is 18.2 Å². The largest absolute Gasteiger partial charge is 0.383 e. The zero-order valence-corrected chi connectivity index (χ0v) is 15.7. The number of carbonyl (C=O) groups is 1. The van der Waals surface area contributed by atoms with Crippen LogP contribution < -0.4 is 0 Å². The Bertz CT molecular complexity index is 551. The first kappa shape index (κ1) is 18.4. The number of hydrogen-bond acceptors (Lipinski definition) is 4. The molecule has 3 rings (SSSR count). The maximum atomic E-state index is 12.9. The van der Waals surface area contributed by atoms with Crippen molar-refractivity contribution >= 4 is 5.91 Å². The van der Waals surface area contributed by atoms with Crippen LogP contribution in [0.1, 0.15) is 44.3 Å². The molecule has 0 N–H and O–H groups in total. The highest BCUT2D eigenvalue weighted by Crippen LogP contribution is 2.28. The lowest BCUT2D eigenvalue weighted by atomic mass is 9.92.